The van der Waals surface area contributed by atoms with Crippen molar-refractivity contribution in [1.29, 1.82) is 0 Å². The highest BCUT2D eigenvalue weighted by Crippen LogP contribution is 2.27. The van der Waals surface area contributed by atoms with Gasteiger partial charge in [0.1, 0.15) is 10.9 Å². The van der Waals surface area contributed by atoms with Gasteiger partial charge in [-0.2, -0.15) is 4.37 Å². The van der Waals surface area contributed by atoms with E-state index in [1.165, 1.54) is 23.3 Å². The van der Waals surface area contributed by atoms with Gasteiger partial charge in [-0.1, -0.05) is 6.07 Å². The number of aryl methyl sites for hydroxylation is 1. The highest BCUT2D eigenvalue weighted by molar-refractivity contribution is 8.00. The average Bonchev–Trinajstić information content (AvgIpc) is 2.64. The smallest absolute Gasteiger partial charge is 0.176 e. The van der Waals surface area contributed by atoms with Gasteiger partial charge in [-0.3, -0.25) is 0 Å². The number of hydrogen-bond acceptors (Lipinski definition) is 6. The number of hydrogen-bond donors (Lipinski definition) is 1. The van der Waals surface area contributed by atoms with Crippen LogP contribution in [0.3, 0.4) is 0 Å². The van der Waals surface area contributed by atoms with Crippen molar-refractivity contribution in [3.05, 3.63) is 29.7 Å². The molecule has 0 aromatic carbocycles. The van der Waals surface area contributed by atoms with Gasteiger partial charge in [0.05, 0.1) is 5.69 Å². The van der Waals surface area contributed by atoms with Gasteiger partial charge < -0.3 is 5.73 Å². The van der Waals surface area contributed by atoms with Gasteiger partial charge in [0.15, 0.2) is 4.34 Å². The van der Waals surface area contributed by atoms with Gasteiger partial charge in [-0.15, -0.1) is 0 Å². The van der Waals surface area contributed by atoms with Crippen LogP contribution in [0.1, 0.15) is 11.5 Å². The van der Waals surface area contributed by atoms with Crippen LogP contribution < -0.4 is 5.73 Å². The highest BCUT2D eigenvalue weighted by atomic mass is 32.2. The molecule has 78 valence electrons. The molecule has 0 aliphatic rings. The maximum Gasteiger partial charge on any atom is 0.176 e. The van der Waals surface area contributed by atoms with Crippen molar-refractivity contribution < 1.29 is 0 Å². The Balaban J connectivity index is 2.16. The zero-order chi connectivity index (χ0) is 10.7. The van der Waals surface area contributed by atoms with Crippen LogP contribution in [0.2, 0.25) is 0 Å². The van der Waals surface area contributed by atoms with Gasteiger partial charge in [-0.25, -0.2) is 9.97 Å². The molecule has 0 spiro atoms. The molecule has 0 atom stereocenters. The molecular weight excluding hydrogens is 228 g/mol. The molecule has 4 nitrogen and oxygen atoms in total. The fraction of sp³-hybridized carbons (Fsp3) is 0.222. The van der Waals surface area contributed by atoms with Gasteiger partial charge in [0.25, 0.3) is 0 Å². The minimum atomic E-state index is 0.462. The van der Waals surface area contributed by atoms with Crippen molar-refractivity contribution in [3.63, 3.8) is 0 Å². The Morgan fingerprint density at radius 3 is 2.93 bits per heavy atom. The predicted molar refractivity (Wildman–Crippen MR) is 60.9 cm³/mol. The Hall–Kier alpha value is -0.980. The van der Waals surface area contributed by atoms with Gasteiger partial charge >= 0.3 is 0 Å². The van der Waals surface area contributed by atoms with E-state index in [4.69, 9.17) is 5.73 Å². The van der Waals surface area contributed by atoms with Crippen LogP contribution in [0.4, 0.5) is 0 Å². The summed E-state index contributed by atoms with van der Waals surface area (Å²) in [5.41, 5.74) is 6.41. The SMILES string of the molecule is Cc1nsc(Sc2cccc(CN)n2)n1. The molecule has 2 heterocycles. The monoisotopic (exact) mass is 238 g/mol. The van der Waals surface area contributed by atoms with Crippen molar-refractivity contribution in [3.8, 4) is 0 Å². The fourth-order valence-corrected chi connectivity index (χ4v) is 2.64. The van der Waals surface area contributed by atoms with E-state index in [2.05, 4.69) is 14.3 Å². The molecule has 6 heteroatoms. The maximum atomic E-state index is 5.52. The second-order valence-corrected chi connectivity index (χ2v) is 4.90. The first-order valence-corrected chi connectivity index (χ1v) is 6.01. The summed E-state index contributed by atoms with van der Waals surface area (Å²) >= 11 is 2.90. The Morgan fingerprint density at radius 1 is 1.40 bits per heavy atom. The summed E-state index contributed by atoms with van der Waals surface area (Å²) in [7, 11) is 0. The van der Waals surface area contributed by atoms with Crippen molar-refractivity contribution >= 4 is 23.3 Å². The molecule has 0 aliphatic heterocycles. The minimum Gasteiger partial charge on any atom is -0.325 e. The zero-order valence-corrected chi connectivity index (χ0v) is 9.81. The molecular formula is C9H10N4S2. The van der Waals surface area contributed by atoms with E-state index in [0.29, 0.717) is 6.54 Å². The van der Waals surface area contributed by atoms with Crippen LogP contribution in [0, 0.1) is 6.92 Å². The summed E-state index contributed by atoms with van der Waals surface area (Å²) in [5, 5.41) is 0.911. The van der Waals surface area contributed by atoms with Crippen LogP contribution >= 0.6 is 23.3 Å². The largest absolute Gasteiger partial charge is 0.325 e. The predicted octanol–water partition coefficient (Wildman–Crippen LogP) is 1.85. The summed E-state index contributed by atoms with van der Waals surface area (Å²) in [5.74, 6) is 0.803. The second-order valence-electron chi connectivity index (χ2n) is 2.88. The van der Waals surface area contributed by atoms with Gasteiger partial charge in [0.2, 0.25) is 0 Å². The summed E-state index contributed by atoms with van der Waals surface area (Å²) < 4.78 is 5.02. The lowest BCUT2D eigenvalue weighted by atomic mass is 10.4. The Bertz CT molecular complexity index is 455. The third-order valence-electron chi connectivity index (χ3n) is 1.69. The normalized spacial score (nSPS) is 10.5. The van der Waals surface area contributed by atoms with E-state index in [-0.39, 0.29) is 0 Å². The molecule has 0 amide bonds. The van der Waals surface area contributed by atoms with Crippen LogP contribution in [-0.2, 0) is 6.54 Å². The average molecular weight is 238 g/mol. The van der Waals surface area contributed by atoms with Crippen LogP contribution in [0.15, 0.2) is 27.6 Å². The quantitative estimate of drug-likeness (QED) is 0.884. The van der Waals surface area contributed by atoms with Gasteiger partial charge in [-0.05, 0) is 42.4 Å². The van der Waals surface area contributed by atoms with E-state index in [9.17, 15) is 0 Å². The molecule has 0 saturated heterocycles. The lowest BCUT2D eigenvalue weighted by molar-refractivity contribution is 0.941. The first-order chi connectivity index (χ1) is 7.28. The Kier molecular flexibility index (Phi) is 3.30. The summed E-state index contributed by atoms with van der Waals surface area (Å²) in [6.07, 6.45) is 0. The lowest BCUT2D eigenvalue weighted by Crippen LogP contribution is -1.99. The molecule has 2 aromatic heterocycles. The molecule has 0 saturated carbocycles. The number of nitrogens with zero attached hydrogens (tertiary/aromatic N) is 3. The van der Waals surface area contributed by atoms with Crippen molar-refractivity contribution in [1.82, 2.24) is 14.3 Å². The van der Waals surface area contributed by atoms with E-state index in [0.717, 1.165) is 20.9 Å². The zero-order valence-electron chi connectivity index (χ0n) is 8.17. The molecule has 0 fully saturated rings. The molecule has 0 radical (unpaired) electrons. The molecule has 15 heavy (non-hydrogen) atoms. The Labute approximate surface area is 96.1 Å². The molecule has 0 aliphatic carbocycles. The summed E-state index contributed by atoms with van der Waals surface area (Å²) in [6, 6.07) is 5.81. The maximum absolute atomic E-state index is 5.52. The fourth-order valence-electron chi connectivity index (χ4n) is 1.04. The van der Waals surface area contributed by atoms with Crippen LogP contribution in [0.25, 0.3) is 0 Å². The molecule has 2 rings (SSSR count). The van der Waals surface area contributed by atoms with E-state index >= 15 is 0 Å². The topological polar surface area (TPSA) is 64.7 Å². The Morgan fingerprint density at radius 2 is 2.27 bits per heavy atom. The van der Waals surface area contributed by atoms with Gasteiger partial charge in [0, 0.05) is 6.54 Å². The molecule has 0 unspecified atom stereocenters. The lowest BCUT2D eigenvalue weighted by Gasteiger charge is -1.99. The second kappa shape index (κ2) is 4.69. The number of rotatable bonds is 3. The summed E-state index contributed by atoms with van der Waals surface area (Å²) in [6.45, 7) is 2.34. The first kappa shape index (κ1) is 10.5. The minimum absolute atomic E-state index is 0.462. The van der Waals surface area contributed by atoms with Crippen molar-refractivity contribution in [2.45, 2.75) is 22.8 Å². The molecule has 2 N–H and O–H groups in total. The first-order valence-electron chi connectivity index (χ1n) is 4.42. The van der Waals surface area contributed by atoms with E-state index in [1.54, 1.807) is 0 Å². The highest BCUT2D eigenvalue weighted by Gasteiger charge is 2.04. The third kappa shape index (κ3) is 2.74. The molecule has 0 bridgehead atoms. The number of aromatic nitrogens is 3. The van der Waals surface area contributed by atoms with Crippen LogP contribution in [-0.4, -0.2) is 14.3 Å². The van der Waals surface area contributed by atoms with E-state index < -0.39 is 0 Å². The number of nitrogens with two attached hydrogens (primary N) is 1. The third-order valence-corrected chi connectivity index (χ3v) is 3.47. The van der Waals surface area contributed by atoms with Crippen molar-refractivity contribution in [2.24, 2.45) is 5.73 Å². The van der Waals surface area contributed by atoms with Crippen molar-refractivity contribution in [2.75, 3.05) is 0 Å². The van der Waals surface area contributed by atoms with Crippen LogP contribution in [0.5, 0.6) is 0 Å². The standard InChI is InChI=1S/C9H10N4S2/c1-6-11-9(15-13-6)14-8-4-2-3-7(5-10)12-8/h2-4H,5,10H2,1H3. The van der Waals surface area contributed by atoms with E-state index in [1.807, 2.05) is 25.1 Å². The summed E-state index contributed by atoms with van der Waals surface area (Å²) in [4.78, 5) is 8.63. The number of pyridine rings is 1. The molecule has 2 aromatic rings.